The lowest BCUT2D eigenvalue weighted by molar-refractivity contribution is -0.132. The van der Waals surface area contributed by atoms with Crippen molar-refractivity contribution < 1.29 is 4.79 Å². The molecular weight excluding hydrogens is 202 g/mol. The van der Waals surface area contributed by atoms with E-state index in [0.29, 0.717) is 19.1 Å². The van der Waals surface area contributed by atoms with Crippen LogP contribution in [0.2, 0.25) is 0 Å². The maximum Gasteiger partial charge on any atom is 0.236 e. The zero-order valence-corrected chi connectivity index (χ0v) is 10.2. The smallest absolute Gasteiger partial charge is 0.236 e. The van der Waals surface area contributed by atoms with Gasteiger partial charge < -0.3 is 9.80 Å². The minimum absolute atomic E-state index is 0.154. The monoisotopic (exact) mass is 223 g/mol. The molecule has 0 radical (unpaired) electrons. The van der Waals surface area contributed by atoms with Gasteiger partial charge in [0.05, 0.1) is 13.1 Å². The van der Waals surface area contributed by atoms with Crippen molar-refractivity contribution >= 4 is 5.91 Å². The van der Waals surface area contributed by atoms with Gasteiger partial charge in [0.1, 0.15) is 0 Å². The highest BCUT2D eigenvalue weighted by molar-refractivity contribution is 5.78. The van der Waals surface area contributed by atoms with E-state index in [1.54, 1.807) is 0 Å². The molecule has 0 aromatic rings. The van der Waals surface area contributed by atoms with E-state index in [9.17, 15) is 4.79 Å². The summed E-state index contributed by atoms with van der Waals surface area (Å²) >= 11 is 0. The maximum absolute atomic E-state index is 11.8. The van der Waals surface area contributed by atoms with Crippen LogP contribution >= 0.6 is 0 Å². The van der Waals surface area contributed by atoms with Crippen LogP contribution in [0.5, 0.6) is 0 Å². The molecule has 0 spiro atoms. The zero-order valence-electron chi connectivity index (χ0n) is 10.2. The summed E-state index contributed by atoms with van der Waals surface area (Å²) in [5, 5.41) is 2.94. The second-order valence-electron chi connectivity index (χ2n) is 4.41. The highest BCUT2D eigenvalue weighted by Crippen LogP contribution is 2.13. The van der Waals surface area contributed by atoms with Crippen LogP contribution < -0.4 is 5.32 Å². The number of nitrogens with zero attached hydrogens (tertiary/aromatic N) is 2. The predicted octanol–water partition coefficient (Wildman–Crippen LogP) is -0.238. The number of amides is 1. The average Bonchev–Trinajstić information content (AvgIpc) is 2.29. The molecule has 4 nitrogen and oxygen atoms in total. The van der Waals surface area contributed by atoms with Crippen molar-refractivity contribution in [2.75, 3.05) is 40.3 Å². The van der Waals surface area contributed by atoms with E-state index >= 15 is 0 Å². The molecule has 0 aromatic heterocycles. The molecule has 16 heavy (non-hydrogen) atoms. The minimum Gasteiger partial charge on any atom is -0.340 e. The third-order valence-electron chi connectivity index (χ3n) is 2.98. The Labute approximate surface area is 98.0 Å². The molecule has 0 aromatic carbocycles. The topological polar surface area (TPSA) is 35.6 Å². The first-order valence-electron chi connectivity index (χ1n) is 5.73. The highest BCUT2D eigenvalue weighted by Gasteiger charge is 2.24. The molecule has 1 unspecified atom stereocenters. The summed E-state index contributed by atoms with van der Waals surface area (Å²) in [4.78, 5) is 15.9. The molecule has 1 saturated heterocycles. The van der Waals surface area contributed by atoms with Crippen molar-refractivity contribution in [1.82, 2.24) is 15.1 Å². The number of likely N-dealkylation sites (tertiary alicyclic amines) is 1. The van der Waals surface area contributed by atoms with Gasteiger partial charge in [-0.2, -0.15) is 0 Å². The Morgan fingerprint density at radius 1 is 1.62 bits per heavy atom. The molecule has 1 aliphatic rings. The molecule has 1 amide bonds. The van der Waals surface area contributed by atoms with E-state index in [4.69, 9.17) is 6.42 Å². The van der Waals surface area contributed by atoms with Crippen molar-refractivity contribution in [2.45, 2.75) is 18.9 Å². The van der Waals surface area contributed by atoms with E-state index in [-0.39, 0.29) is 5.91 Å². The van der Waals surface area contributed by atoms with Crippen molar-refractivity contribution in [1.29, 1.82) is 0 Å². The van der Waals surface area contributed by atoms with Gasteiger partial charge in [-0.25, -0.2) is 0 Å². The molecule has 1 fully saturated rings. The first-order valence-corrected chi connectivity index (χ1v) is 5.73. The van der Waals surface area contributed by atoms with Gasteiger partial charge in [0, 0.05) is 19.1 Å². The van der Waals surface area contributed by atoms with Gasteiger partial charge in [-0.05, 0) is 26.9 Å². The molecular formula is C12H21N3O. The second kappa shape index (κ2) is 6.51. The van der Waals surface area contributed by atoms with E-state index in [1.807, 2.05) is 4.90 Å². The van der Waals surface area contributed by atoms with Crippen molar-refractivity contribution in [3.8, 4) is 12.3 Å². The fourth-order valence-corrected chi connectivity index (χ4v) is 1.96. The van der Waals surface area contributed by atoms with Crippen molar-refractivity contribution in [2.24, 2.45) is 0 Å². The number of nitrogens with one attached hydrogen (secondary N) is 1. The molecule has 90 valence electrons. The predicted molar refractivity (Wildman–Crippen MR) is 65.0 cm³/mol. The van der Waals surface area contributed by atoms with Gasteiger partial charge >= 0.3 is 0 Å². The normalized spacial score (nSPS) is 20.9. The molecule has 0 aliphatic carbocycles. The van der Waals surface area contributed by atoms with Crippen LogP contribution in [0.1, 0.15) is 12.8 Å². The molecule has 1 aliphatic heterocycles. The number of hydrogen-bond acceptors (Lipinski definition) is 3. The fourth-order valence-electron chi connectivity index (χ4n) is 1.96. The molecule has 1 heterocycles. The molecule has 0 saturated carbocycles. The van der Waals surface area contributed by atoms with Gasteiger partial charge in [-0.3, -0.25) is 10.1 Å². The van der Waals surface area contributed by atoms with Gasteiger partial charge in [0.25, 0.3) is 0 Å². The number of rotatable bonds is 4. The first kappa shape index (κ1) is 13.0. The van der Waals surface area contributed by atoms with Gasteiger partial charge in [-0.15, -0.1) is 6.42 Å². The summed E-state index contributed by atoms with van der Waals surface area (Å²) < 4.78 is 0. The lowest BCUT2D eigenvalue weighted by Crippen LogP contribution is -2.49. The lowest BCUT2D eigenvalue weighted by Gasteiger charge is -2.36. The number of terminal acetylenes is 1. The number of hydrogen-bond donors (Lipinski definition) is 1. The summed E-state index contributed by atoms with van der Waals surface area (Å²) in [5.74, 6) is 2.62. The Morgan fingerprint density at radius 3 is 3.00 bits per heavy atom. The standard InChI is InChI=1S/C12H21N3O/c1-4-7-13-9-12(16)15-8-5-6-11(10-15)14(2)3/h1,11,13H,5-10H2,2-3H3. The van der Waals surface area contributed by atoms with Crippen LogP contribution in [0, 0.1) is 12.3 Å². The number of carbonyl (C=O) groups is 1. The average molecular weight is 223 g/mol. The van der Waals surface area contributed by atoms with Crippen LogP contribution in [0.4, 0.5) is 0 Å². The molecule has 4 heteroatoms. The SMILES string of the molecule is C#CCNCC(=O)N1CCCC(N(C)C)C1. The maximum atomic E-state index is 11.8. The van der Waals surface area contributed by atoms with Crippen molar-refractivity contribution in [3.63, 3.8) is 0 Å². The molecule has 1 atom stereocenters. The second-order valence-corrected chi connectivity index (χ2v) is 4.41. The van der Waals surface area contributed by atoms with Crippen LogP contribution in [-0.4, -0.2) is 62.0 Å². The quantitative estimate of drug-likeness (QED) is 0.528. The number of piperidine rings is 1. The number of likely N-dealkylation sites (N-methyl/N-ethyl adjacent to an activating group) is 1. The van der Waals surface area contributed by atoms with Gasteiger partial charge in [-0.1, -0.05) is 5.92 Å². The van der Waals surface area contributed by atoms with Crippen LogP contribution in [-0.2, 0) is 4.79 Å². The van der Waals surface area contributed by atoms with E-state index < -0.39 is 0 Å². The zero-order chi connectivity index (χ0) is 12.0. The van der Waals surface area contributed by atoms with E-state index in [2.05, 4.69) is 30.2 Å². The van der Waals surface area contributed by atoms with E-state index in [0.717, 1.165) is 19.5 Å². The Hall–Kier alpha value is -1.05. The molecule has 0 bridgehead atoms. The summed E-state index contributed by atoms with van der Waals surface area (Å²) in [6, 6.07) is 0.491. The van der Waals surface area contributed by atoms with Crippen LogP contribution in [0.3, 0.4) is 0 Å². The van der Waals surface area contributed by atoms with Crippen molar-refractivity contribution in [3.05, 3.63) is 0 Å². The third-order valence-corrected chi connectivity index (χ3v) is 2.98. The summed E-state index contributed by atoms with van der Waals surface area (Å²) in [6.07, 6.45) is 7.37. The Kier molecular flexibility index (Phi) is 5.30. The highest BCUT2D eigenvalue weighted by atomic mass is 16.2. The summed E-state index contributed by atoms with van der Waals surface area (Å²) in [5.41, 5.74) is 0. The Balaban J connectivity index is 2.35. The summed E-state index contributed by atoms with van der Waals surface area (Å²) in [7, 11) is 4.13. The number of carbonyl (C=O) groups excluding carboxylic acids is 1. The fraction of sp³-hybridized carbons (Fsp3) is 0.750. The van der Waals surface area contributed by atoms with Crippen LogP contribution in [0.15, 0.2) is 0 Å². The minimum atomic E-state index is 0.154. The van der Waals surface area contributed by atoms with E-state index in [1.165, 1.54) is 6.42 Å². The lowest BCUT2D eigenvalue weighted by atomic mass is 10.0. The van der Waals surface area contributed by atoms with Gasteiger partial charge in [0.15, 0.2) is 0 Å². The molecule has 1 N–H and O–H groups in total. The largest absolute Gasteiger partial charge is 0.340 e. The Morgan fingerprint density at radius 2 is 2.38 bits per heavy atom. The first-order chi connectivity index (χ1) is 7.65. The van der Waals surface area contributed by atoms with Crippen LogP contribution in [0.25, 0.3) is 0 Å². The molecule has 1 rings (SSSR count). The Bertz CT molecular complexity index is 270. The third kappa shape index (κ3) is 3.84. The summed E-state index contributed by atoms with van der Waals surface area (Å²) in [6.45, 7) is 2.52. The van der Waals surface area contributed by atoms with Gasteiger partial charge in [0.2, 0.25) is 5.91 Å².